The number of rotatable bonds is 6. The lowest BCUT2D eigenvalue weighted by molar-refractivity contribution is 0.143. The molecule has 0 aliphatic carbocycles. The molecule has 3 nitrogen and oxygen atoms in total. The molecule has 1 unspecified atom stereocenters. The van der Waals surface area contributed by atoms with E-state index in [1.807, 2.05) is 6.07 Å². The molecule has 4 heteroatoms. The van der Waals surface area contributed by atoms with E-state index in [0.29, 0.717) is 18.5 Å². The van der Waals surface area contributed by atoms with Gasteiger partial charge in [0.1, 0.15) is 5.82 Å². The summed E-state index contributed by atoms with van der Waals surface area (Å²) in [7, 11) is 1.76. The van der Waals surface area contributed by atoms with Crippen LogP contribution in [-0.4, -0.2) is 32.8 Å². The zero-order valence-electron chi connectivity index (χ0n) is 13.4. The molecular weight excluding hydrogens is 267 g/mol. The SMILES string of the molecule is COCC1CCCN(c2ccc(F)cc2CNC(C)C)C1. The second-order valence-corrected chi connectivity index (χ2v) is 6.22. The predicted octanol–water partition coefficient (Wildman–Crippen LogP) is 3.19. The van der Waals surface area contributed by atoms with Crippen LogP contribution in [0.1, 0.15) is 32.3 Å². The number of ether oxygens (including phenoxy) is 1. The molecule has 1 heterocycles. The van der Waals surface area contributed by atoms with Gasteiger partial charge in [-0.15, -0.1) is 0 Å². The van der Waals surface area contributed by atoms with E-state index < -0.39 is 0 Å². The predicted molar refractivity (Wildman–Crippen MR) is 85.2 cm³/mol. The molecule has 1 saturated heterocycles. The van der Waals surface area contributed by atoms with Crippen molar-refractivity contribution in [3.05, 3.63) is 29.6 Å². The molecule has 0 amide bonds. The Morgan fingerprint density at radius 1 is 1.43 bits per heavy atom. The number of methoxy groups -OCH3 is 1. The summed E-state index contributed by atoms with van der Waals surface area (Å²) in [5, 5.41) is 3.39. The van der Waals surface area contributed by atoms with E-state index in [0.717, 1.165) is 30.9 Å². The first-order chi connectivity index (χ1) is 10.1. The van der Waals surface area contributed by atoms with Crippen molar-refractivity contribution < 1.29 is 9.13 Å². The van der Waals surface area contributed by atoms with Crippen LogP contribution >= 0.6 is 0 Å². The molecule has 0 spiro atoms. The van der Waals surface area contributed by atoms with Crippen LogP contribution in [-0.2, 0) is 11.3 Å². The van der Waals surface area contributed by atoms with Crippen molar-refractivity contribution in [1.29, 1.82) is 0 Å². The van der Waals surface area contributed by atoms with E-state index in [1.165, 1.54) is 12.8 Å². The Bertz CT molecular complexity index is 448. The Morgan fingerprint density at radius 2 is 2.24 bits per heavy atom. The molecule has 1 atom stereocenters. The average Bonchev–Trinajstić information content (AvgIpc) is 2.46. The molecule has 118 valence electrons. The zero-order valence-corrected chi connectivity index (χ0v) is 13.4. The van der Waals surface area contributed by atoms with E-state index in [1.54, 1.807) is 19.2 Å². The number of anilines is 1. The van der Waals surface area contributed by atoms with E-state index in [-0.39, 0.29) is 5.82 Å². The fraction of sp³-hybridized carbons (Fsp3) is 0.647. The van der Waals surface area contributed by atoms with Gasteiger partial charge in [-0.05, 0) is 42.5 Å². The molecule has 0 radical (unpaired) electrons. The molecule has 1 aliphatic rings. The van der Waals surface area contributed by atoms with Gasteiger partial charge in [0.05, 0.1) is 6.61 Å². The highest BCUT2D eigenvalue weighted by Crippen LogP contribution is 2.27. The monoisotopic (exact) mass is 294 g/mol. The van der Waals surface area contributed by atoms with Gasteiger partial charge < -0.3 is 15.0 Å². The molecular formula is C17H27FN2O. The Kier molecular flexibility index (Phi) is 6.00. The van der Waals surface area contributed by atoms with Gasteiger partial charge in [0.2, 0.25) is 0 Å². The fourth-order valence-electron chi connectivity index (χ4n) is 2.97. The lowest BCUT2D eigenvalue weighted by Gasteiger charge is -2.35. The summed E-state index contributed by atoms with van der Waals surface area (Å²) < 4.78 is 18.9. The van der Waals surface area contributed by atoms with Crippen molar-refractivity contribution in [3.63, 3.8) is 0 Å². The highest BCUT2D eigenvalue weighted by Gasteiger charge is 2.22. The number of piperidine rings is 1. The van der Waals surface area contributed by atoms with Crippen molar-refractivity contribution in [2.24, 2.45) is 5.92 Å². The number of hydrogen-bond acceptors (Lipinski definition) is 3. The van der Waals surface area contributed by atoms with Gasteiger partial charge in [0.15, 0.2) is 0 Å². The first kappa shape index (κ1) is 16.2. The number of nitrogens with one attached hydrogen (secondary N) is 1. The number of benzene rings is 1. The summed E-state index contributed by atoms with van der Waals surface area (Å²) in [6.07, 6.45) is 2.38. The molecule has 1 fully saturated rings. The topological polar surface area (TPSA) is 24.5 Å². The summed E-state index contributed by atoms with van der Waals surface area (Å²) >= 11 is 0. The van der Waals surface area contributed by atoms with Gasteiger partial charge in [0, 0.05) is 38.5 Å². The zero-order chi connectivity index (χ0) is 15.2. The highest BCUT2D eigenvalue weighted by molar-refractivity contribution is 5.54. The van der Waals surface area contributed by atoms with Gasteiger partial charge in [-0.1, -0.05) is 13.8 Å². The van der Waals surface area contributed by atoms with Gasteiger partial charge in [-0.3, -0.25) is 0 Å². The summed E-state index contributed by atoms with van der Waals surface area (Å²) in [6, 6.07) is 5.53. The summed E-state index contributed by atoms with van der Waals surface area (Å²) in [6.45, 7) is 7.76. The van der Waals surface area contributed by atoms with Crippen LogP contribution in [0.4, 0.5) is 10.1 Å². The minimum absolute atomic E-state index is 0.162. The lowest BCUT2D eigenvalue weighted by Crippen LogP contribution is -2.38. The van der Waals surface area contributed by atoms with Gasteiger partial charge >= 0.3 is 0 Å². The number of halogens is 1. The molecule has 0 aromatic heterocycles. The van der Waals surface area contributed by atoms with Crippen LogP contribution in [0.3, 0.4) is 0 Å². The van der Waals surface area contributed by atoms with E-state index in [9.17, 15) is 4.39 Å². The van der Waals surface area contributed by atoms with Gasteiger partial charge in [0.25, 0.3) is 0 Å². The maximum Gasteiger partial charge on any atom is 0.123 e. The lowest BCUT2D eigenvalue weighted by atomic mass is 9.97. The maximum absolute atomic E-state index is 13.6. The largest absolute Gasteiger partial charge is 0.384 e. The minimum Gasteiger partial charge on any atom is -0.384 e. The number of nitrogens with zero attached hydrogens (tertiary/aromatic N) is 1. The molecule has 0 bridgehead atoms. The Morgan fingerprint density at radius 3 is 2.95 bits per heavy atom. The quantitative estimate of drug-likeness (QED) is 0.872. The first-order valence-electron chi connectivity index (χ1n) is 7.86. The van der Waals surface area contributed by atoms with Crippen molar-refractivity contribution in [1.82, 2.24) is 5.32 Å². The van der Waals surface area contributed by atoms with Crippen molar-refractivity contribution in [2.75, 3.05) is 31.7 Å². The Hall–Kier alpha value is -1.13. The van der Waals surface area contributed by atoms with E-state index >= 15 is 0 Å². The van der Waals surface area contributed by atoms with Crippen LogP contribution in [0.25, 0.3) is 0 Å². The molecule has 0 saturated carbocycles. The normalized spacial score (nSPS) is 19.3. The molecule has 21 heavy (non-hydrogen) atoms. The third-order valence-corrected chi connectivity index (χ3v) is 4.00. The summed E-state index contributed by atoms with van der Waals surface area (Å²) in [4.78, 5) is 2.38. The van der Waals surface area contributed by atoms with Gasteiger partial charge in [-0.25, -0.2) is 4.39 Å². The third-order valence-electron chi connectivity index (χ3n) is 4.00. The van der Waals surface area contributed by atoms with E-state index in [2.05, 4.69) is 24.1 Å². The van der Waals surface area contributed by atoms with Crippen LogP contribution < -0.4 is 10.2 Å². The second kappa shape index (κ2) is 7.76. The maximum atomic E-state index is 13.6. The van der Waals surface area contributed by atoms with Crippen LogP contribution in [0.2, 0.25) is 0 Å². The molecule has 1 aromatic rings. The fourth-order valence-corrected chi connectivity index (χ4v) is 2.97. The second-order valence-electron chi connectivity index (χ2n) is 6.22. The molecule has 1 aliphatic heterocycles. The molecule has 1 N–H and O–H groups in total. The Labute approximate surface area is 127 Å². The first-order valence-corrected chi connectivity index (χ1v) is 7.86. The minimum atomic E-state index is -0.162. The highest BCUT2D eigenvalue weighted by atomic mass is 19.1. The van der Waals surface area contributed by atoms with Crippen molar-refractivity contribution in [2.45, 2.75) is 39.3 Å². The third kappa shape index (κ3) is 4.68. The van der Waals surface area contributed by atoms with E-state index in [4.69, 9.17) is 4.74 Å². The average molecular weight is 294 g/mol. The van der Waals surface area contributed by atoms with Crippen LogP contribution in [0, 0.1) is 11.7 Å². The number of hydrogen-bond donors (Lipinski definition) is 1. The van der Waals surface area contributed by atoms with Gasteiger partial charge in [-0.2, -0.15) is 0 Å². The van der Waals surface area contributed by atoms with Crippen LogP contribution in [0.5, 0.6) is 0 Å². The molecule has 1 aromatic carbocycles. The summed E-state index contributed by atoms with van der Waals surface area (Å²) in [5.74, 6) is 0.407. The van der Waals surface area contributed by atoms with Crippen LogP contribution in [0.15, 0.2) is 18.2 Å². The Balaban J connectivity index is 2.13. The summed E-state index contributed by atoms with van der Waals surface area (Å²) in [5.41, 5.74) is 2.20. The standard InChI is InChI=1S/C17H27FN2O/c1-13(2)19-10-15-9-16(18)6-7-17(15)20-8-4-5-14(11-20)12-21-3/h6-7,9,13-14,19H,4-5,8,10-12H2,1-3H3. The smallest absolute Gasteiger partial charge is 0.123 e. The van der Waals surface area contributed by atoms with Crippen molar-refractivity contribution >= 4 is 5.69 Å². The molecule has 2 rings (SSSR count). The van der Waals surface area contributed by atoms with Crippen molar-refractivity contribution in [3.8, 4) is 0 Å².